The number of rotatable bonds is 1. The van der Waals surface area contributed by atoms with Crippen molar-refractivity contribution in [1.82, 2.24) is 0 Å². The van der Waals surface area contributed by atoms with Gasteiger partial charge in [-0.15, -0.1) is 0 Å². The van der Waals surface area contributed by atoms with Crippen LogP contribution in [0.1, 0.15) is 19.3 Å². The average molecular weight is 371 g/mol. The number of anilines is 1. The second kappa shape index (κ2) is 5.07. The number of carbonyl (C=O) groups is 3. The van der Waals surface area contributed by atoms with Gasteiger partial charge < -0.3 is 0 Å². The van der Waals surface area contributed by atoms with Crippen molar-refractivity contribution in [2.75, 3.05) is 4.90 Å². The van der Waals surface area contributed by atoms with Crippen molar-refractivity contribution < 1.29 is 14.4 Å². The smallest absolute Gasteiger partial charge is 0.261 e. The minimum atomic E-state index is -0.652. The predicted octanol–water partition coefficient (Wildman–Crippen LogP) is 3.82. The standard InChI is InChI=1S/C16H10Cl3NO3/c17-9-4-7(5-10(18)14(9)19)20-15(22)12-6-1-2-8(11(21)3-6)13(12)16(20)23/h4-5,8,13H,1-3H2. The predicted molar refractivity (Wildman–Crippen MR) is 86.8 cm³/mol. The van der Waals surface area contributed by atoms with Gasteiger partial charge in [0.05, 0.1) is 26.7 Å². The Morgan fingerprint density at radius 2 is 1.70 bits per heavy atom. The van der Waals surface area contributed by atoms with E-state index in [2.05, 4.69) is 0 Å². The van der Waals surface area contributed by atoms with E-state index >= 15 is 0 Å². The van der Waals surface area contributed by atoms with Crippen molar-refractivity contribution in [3.63, 3.8) is 0 Å². The lowest BCUT2D eigenvalue weighted by Crippen LogP contribution is -2.38. The van der Waals surface area contributed by atoms with Gasteiger partial charge in [-0.1, -0.05) is 40.4 Å². The van der Waals surface area contributed by atoms with Crippen molar-refractivity contribution in [1.29, 1.82) is 0 Å². The molecule has 3 aliphatic carbocycles. The number of fused-ring (bicyclic) bond motifs is 2. The van der Waals surface area contributed by atoms with Gasteiger partial charge in [-0.2, -0.15) is 0 Å². The fourth-order valence-corrected chi connectivity index (χ4v) is 4.36. The highest BCUT2D eigenvalue weighted by atomic mass is 35.5. The molecule has 2 amide bonds. The van der Waals surface area contributed by atoms with Gasteiger partial charge in [0.2, 0.25) is 5.91 Å². The Morgan fingerprint density at radius 3 is 2.30 bits per heavy atom. The Kier molecular flexibility index (Phi) is 3.34. The summed E-state index contributed by atoms with van der Waals surface area (Å²) in [5, 5.41) is 0.508. The average Bonchev–Trinajstić information content (AvgIpc) is 2.78. The monoisotopic (exact) mass is 369 g/mol. The molecule has 1 saturated carbocycles. The second-order valence-electron chi connectivity index (χ2n) is 5.99. The summed E-state index contributed by atoms with van der Waals surface area (Å²) in [7, 11) is 0. The molecule has 2 atom stereocenters. The van der Waals surface area contributed by atoms with Gasteiger partial charge in [-0.05, 0) is 25.0 Å². The lowest BCUT2D eigenvalue weighted by Gasteiger charge is -2.33. The number of nitrogens with zero attached hydrogens (tertiary/aromatic N) is 1. The van der Waals surface area contributed by atoms with Crippen molar-refractivity contribution in [2.24, 2.45) is 11.8 Å². The van der Waals surface area contributed by atoms with Gasteiger partial charge in [0.25, 0.3) is 5.91 Å². The maximum absolute atomic E-state index is 12.8. The number of amides is 2. The summed E-state index contributed by atoms with van der Waals surface area (Å²) in [5.74, 6) is -1.74. The first-order valence-corrected chi connectivity index (χ1v) is 8.31. The maximum Gasteiger partial charge on any atom is 0.261 e. The van der Waals surface area contributed by atoms with Gasteiger partial charge in [0.15, 0.2) is 0 Å². The lowest BCUT2D eigenvalue weighted by atomic mass is 9.67. The molecule has 118 valence electrons. The summed E-state index contributed by atoms with van der Waals surface area (Å²) in [6.45, 7) is 0. The summed E-state index contributed by atoms with van der Waals surface area (Å²) in [5.41, 5.74) is 1.58. The normalized spacial score (nSPS) is 26.4. The van der Waals surface area contributed by atoms with Crippen LogP contribution in [0.5, 0.6) is 0 Å². The molecule has 2 bridgehead atoms. The van der Waals surface area contributed by atoms with Crippen LogP contribution in [-0.2, 0) is 14.4 Å². The summed E-state index contributed by atoms with van der Waals surface area (Å²) >= 11 is 17.9. The van der Waals surface area contributed by atoms with Crippen molar-refractivity contribution in [3.05, 3.63) is 38.3 Å². The number of ketones is 1. The number of imide groups is 1. The number of carbonyl (C=O) groups excluding carboxylic acids is 3. The molecule has 0 spiro atoms. The van der Waals surface area contributed by atoms with Gasteiger partial charge in [-0.25, -0.2) is 4.90 Å². The summed E-state index contributed by atoms with van der Waals surface area (Å²) in [6, 6.07) is 2.88. The van der Waals surface area contributed by atoms with Crippen molar-refractivity contribution >= 4 is 58.1 Å². The first kappa shape index (κ1) is 15.2. The fourth-order valence-electron chi connectivity index (χ4n) is 3.78. The Bertz CT molecular complexity index is 807. The minimum Gasteiger partial charge on any atom is -0.299 e. The molecule has 2 unspecified atom stereocenters. The van der Waals surface area contributed by atoms with E-state index in [1.807, 2.05) is 0 Å². The van der Waals surface area contributed by atoms with E-state index in [0.717, 1.165) is 10.5 Å². The third-order valence-corrected chi connectivity index (χ3v) is 6.00. The summed E-state index contributed by atoms with van der Waals surface area (Å²) in [6.07, 6.45) is 1.63. The fraction of sp³-hybridized carbons (Fsp3) is 0.312. The molecule has 1 aromatic rings. The Labute approximate surface area is 147 Å². The van der Waals surface area contributed by atoms with Crippen LogP contribution in [-0.4, -0.2) is 17.6 Å². The zero-order chi connectivity index (χ0) is 16.5. The third kappa shape index (κ3) is 2.02. The van der Waals surface area contributed by atoms with Gasteiger partial charge in [-0.3, -0.25) is 14.4 Å². The zero-order valence-corrected chi connectivity index (χ0v) is 14.0. The molecule has 4 aliphatic rings. The molecular formula is C16H10Cl3NO3. The van der Waals surface area contributed by atoms with Crippen LogP contribution < -0.4 is 4.90 Å². The quantitative estimate of drug-likeness (QED) is 0.558. The van der Waals surface area contributed by atoms with E-state index in [9.17, 15) is 14.4 Å². The van der Waals surface area contributed by atoms with Crippen LogP contribution in [0.15, 0.2) is 23.3 Å². The molecule has 0 aromatic heterocycles. The highest BCUT2D eigenvalue weighted by Gasteiger charge is 2.55. The van der Waals surface area contributed by atoms with Crippen LogP contribution in [0.4, 0.5) is 5.69 Å². The Morgan fingerprint density at radius 1 is 1.04 bits per heavy atom. The largest absolute Gasteiger partial charge is 0.299 e. The Balaban J connectivity index is 1.85. The van der Waals surface area contributed by atoms with Crippen LogP contribution in [0.25, 0.3) is 0 Å². The molecule has 0 radical (unpaired) electrons. The van der Waals surface area contributed by atoms with Gasteiger partial charge >= 0.3 is 0 Å². The molecule has 1 aromatic carbocycles. The number of hydrogen-bond donors (Lipinski definition) is 0. The molecule has 23 heavy (non-hydrogen) atoms. The van der Waals surface area contributed by atoms with E-state index in [4.69, 9.17) is 34.8 Å². The minimum absolute atomic E-state index is 0.0511. The first-order chi connectivity index (χ1) is 10.9. The molecule has 5 rings (SSSR count). The van der Waals surface area contributed by atoms with Crippen molar-refractivity contribution in [2.45, 2.75) is 19.3 Å². The summed E-state index contributed by atoms with van der Waals surface area (Å²) < 4.78 is 0. The molecule has 2 fully saturated rings. The molecule has 7 heteroatoms. The van der Waals surface area contributed by atoms with Crippen LogP contribution in [0.2, 0.25) is 15.1 Å². The second-order valence-corrected chi connectivity index (χ2v) is 7.18. The SMILES string of the molecule is O=C1CC2=C3C(=O)N(c4cc(Cl)c(Cl)c(Cl)c4)C(=O)C3C1CC2. The summed E-state index contributed by atoms with van der Waals surface area (Å²) in [4.78, 5) is 38.7. The van der Waals surface area contributed by atoms with Crippen LogP contribution in [0, 0.1) is 11.8 Å². The molecule has 0 N–H and O–H groups in total. The van der Waals surface area contributed by atoms with E-state index in [-0.39, 0.29) is 50.7 Å². The van der Waals surface area contributed by atoms with E-state index < -0.39 is 5.92 Å². The van der Waals surface area contributed by atoms with Crippen molar-refractivity contribution in [3.8, 4) is 0 Å². The highest BCUT2D eigenvalue weighted by molar-refractivity contribution is 6.48. The zero-order valence-electron chi connectivity index (χ0n) is 11.7. The maximum atomic E-state index is 12.8. The number of hydrogen-bond acceptors (Lipinski definition) is 3. The molecular weight excluding hydrogens is 361 g/mol. The van der Waals surface area contributed by atoms with E-state index in [0.29, 0.717) is 18.4 Å². The van der Waals surface area contributed by atoms with E-state index in [1.54, 1.807) is 0 Å². The molecule has 4 nitrogen and oxygen atoms in total. The third-order valence-electron chi connectivity index (χ3n) is 4.80. The topological polar surface area (TPSA) is 54.5 Å². The van der Waals surface area contributed by atoms with Gasteiger partial charge in [0.1, 0.15) is 5.78 Å². The number of allylic oxidation sites excluding steroid dienone is 1. The van der Waals surface area contributed by atoms with E-state index in [1.165, 1.54) is 12.1 Å². The van der Waals surface area contributed by atoms with Crippen LogP contribution >= 0.6 is 34.8 Å². The number of Topliss-reactive ketones (excluding diaryl/α,β-unsaturated/α-hetero) is 1. The molecule has 1 aliphatic heterocycles. The number of halogens is 3. The molecule has 1 saturated heterocycles. The number of benzene rings is 1. The lowest BCUT2D eigenvalue weighted by molar-refractivity contribution is -0.131. The Hall–Kier alpha value is -1.36. The van der Waals surface area contributed by atoms with Crippen LogP contribution in [0.3, 0.4) is 0 Å². The molecule has 1 heterocycles. The van der Waals surface area contributed by atoms with Gasteiger partial charge in [0, 0.05) is 17.9 Å². The first-order valence-electron chi connectivity index (χ1n) is 7.17. The highest BCUT2D eigenvalue weighted by Crippen LogP contribution is 2.49.